The summed E-state index contributed by atoms with van der Waals surface area (Å²) in [7, 11) is 0. The summed E-state index contributed by atoms with van der Waals surface area (Å²) in [5, 5.41) is 0. The molecule has 0 unspecified atom stereocenters. The van der Waals surface area contributed by atoms with Crippen molar-refractivity contribution >= 4 is 4.61 Å². The summed E-state index contributed by atoms with van der Waals surface area (Å²) < 4.78 is 7.53. The Labute approximate surface area is 82.9 Å². The van der Waals surface area contributed by atoms with Crippen molar-refractivity contribution in [3.05, 3.63) is 29.8 Å². The first-order chi connectivity index (χ1) is 5.88. The Kier molecular flexibility index (Phi) is 4.17. The third-order valence-corrected chi connectivity index (χ3v) is 2.03. The quantitative estimate of drug-likeness (QED) is 0.743. The van der Waals surface area contributed by atoms with Crippen LogP contribution in [0, 0.1) is 0 Å². The average Bonchev–Trinajstić information content (AvgIpc) is 2.15. The van der Waals surface area contributed by atoms with E-state index in [9.17, 15) is 0 Å². The number of para-hydroxylation sites is 1. The molecule has 0 radical (unpaired) electrons. The summed E-state index contributed by atoms with van der Waals surface area (Å²) in [6.45, 7) is 2.89. The van der Waals surface area contributed by atoms with Gasteiger partial charge in [-0.2, -0.15) is 0 Å². The molecule has 0 amide bonds. The number of hydrogen-bond acceptors (Lipinski definition) is 1. The molecule has 0 aromatic heterocycles. The Morgan fingerprint density at radius 2 is 2.17 bits per heavy atom. The normalized spacial score (nSPS) is 9.42. The maximum absolute atomic E-state index is 5.53. The second kappa shape index (κ2) is 5.21. The summed E-state index contributed by atoms with van der Waals surface area (Å²) >= 11 is 2.50. The van der Waals surface area contributed by atoms with Gasteiger partial charge >= 0.3 is 82.7 Å². The monoisotopic (exact) mass is 250 g/mol. The minimum absolute atomic E-state index is 0.789. The van der Waals surface area contributed by atoms with E-state index in [0.29, 0.717) is 0 Å². The zero-order chi connectivity index (χ0) is 8.81. The molecule has 0 atom stereocenters. The van der Waals surface area contributed by atoms with Gasteiger partial charge in [0.05, 0.1) is 0 Å². The molecule has 1 nitrogen and oxygen atoms in total. The van der Waals surface area contributed by atoms with Crippen molar-refractivity contribution in [2.24, 2.45) is 0 Å². The van der Waals surface area contributed by atoms with Crippen LogP contribution in [-0.2, 0) is 17.9 Å². The van der Waals surface area contributed by atoms with Crippen molar-refractivity contribution in [2.75, 3.05) is 6.61 Å². The van der Waals surface area contributed by atoms with E-state index in [1.165, 1.54) is 0 Å². The van der Waals surface area contributed by atoms with Gasteiger partial charge in [0.25, 0.3) is 0 Å². The van der Waals surface area contributed by atoms with Crippen LogP contribution in [0.25, 0.3) is 0 Å². The van der Waals surface area contributed by atoms with Crippen LogP contribution in [0.1, 0.15) is 18.9 Å². The van der Waals surface area contributed by atoms with Gasteiger partial charge in [0.15, 0.2) is 0 Å². The van der Waals surface area contributed by atoms with Crippen molar-refractivity contribution in [3.63, 3.8) is 0 Å². The van der Waals surface area contributed by atoms with Gasteiger partial charge in [-0.3, -0.25) is 0 Å². The molecule has 0 saturated carbocycles. The van der Waals surface area contributed by atoms with E-state index in [4.69, 9.17) is 4.74 Å². The van der Waals surface area contributed by atoms with Gasteiger partial charge in [0.2, 0.25) is 0 Å². The number of ether oxygens (including phenoxy) is 1. The molecule has 65 valence electrons. The summed E-state index contributed by atoms with van der Waals surface area (Å²) in [6.07, 6.45) is 1.05. The standard InChI is InChI=1S/C10H12O.Ru/c1-3-8-11-10-7-5-4-6-9(10)2;/h2,4-7H,3,8H2,1H3;/q;+1. The Morgan fingerprint density at radius 1 is 1.42 bits per heavy atom. The zero-order valence-electron chi connectivity index (χ0n) is 7.06. The molecule has 0 aliphatic heterocycles. The molecule has 0 heterocycles. The van der Waals surface area contributed by atoms with Crippen LogP contribution in [-0.4, -0.2) is 11.2 Å². The van der Waals surface area contributed by atoms with E-state index < -0.39 is 0 Å². The molecule has 0 N–H and O–H groups in total. The second-order valence-electron chi connectivity index (χ2n) is 2.49. The zero-order valence-corrected chi connectivity index (χ0v) is 8.80. The molecule has 1 aromatic rings. The third-order valence-electron chi connectivity index (χ3n) is 1.49. The van der Waals surface area contributed by atoms with E-state index in [2.05, 4.69) is 24.8 Å². The van der Waals surface area contributed by atoms with Crippen molar-refractivity contribution < 1.29 is 22.6 Å². The van der Waals surface area contributed by atoms with Gasteiger partial charge < -0.3 is 0 Å². The molecule has 0 bridgehead atoms. The average molecular weight is 249 g/mol. The van der Waals surface area contributed by atoms with E-state index >= 15 is 0 Å². The fraction of sp³-hybridized carbons (Fsp3) is 0.300. The molecule has 2 heteroatoms. The molecule has 0 aliphatic carbocycles. The fourth-order valence-corrected chi connectivity index (χ4v) is 1.32. The van der Waals surface area contributed by atoms with Crippen LogP contribution in [0.15, 0.2) is 24.3 Å². The molecule has 0 spiro atoms. The second-order valence-corrected chi connectivity index (χ2v) is 2.99. The first-order valence-electron chi connectivity index (χ1n) is 4.02. The molecule has 12 heavy (non-hydrogen) atoms. The first kappa shape index (κ1) is 9.60. The van der Waals surface area contributed by atoms with Gasteiger partial charge in [-0.25, -0.2) is 0 Å². The summed E-state index contributed by atoms with van der Waals surface area (Å²) in [6, 6.07) is 8.04. The van der Waals surface area contributed by atoms with Gasteiger partial charge in [-0.05, 0) is 0 Å². The Bertz CT molecular complexity index is 258. The van der Waals surface area contributed by atoms with Crippen molar-refractivity contribution in [1.29, 1.82) is 0 Å². The molecule has 0 saturated heterocycles. The Hall–Kier alpha value is -0.487. The number of benzene rings is 1. The fourth-order valence-electron chi connectivity index (χ4n) is 0.908. The van der Waals surface area contributed by atoms with Crippen LogP contribution in [0.4, 0.5) is 0 Å². The predicted octanol–water partition coefficient (Wildman–Crippen LogP) is 2.17. The van der Waals surface area contributed by atoms with E-state index in [1.807, 2.05) is 28.9 Å². The van der Waals surface area contributed by atoms with Crippen molar-refractivity contribution in [1.82, 2.24) is 0 Å². The summed E-state index contributed by atoms with van der Waals surface area (Å²) in [4.78, 5) is 0. The summed E-state index contributed by atoms with van der Waals surface area (Å²) in [5.74, 6) is 0.970. The van der Waals surface area contributed by atoms with Gasteiger partial charge in [0, 0.05) is 0 Å². The van der Waals surface area contributed by atoms with E-state index in [1.54, 1.807) is 0 Å². The topological polar surface area (TPSA) is 9.23 Å². The number of rotatable bonds is 4. The van der Waals surface area contributed by atoms with Crippen LogP contribution < -0.4 is 4.74 Å². The molecule has 0 fully saturated rings. The van der Waals surface area contributed by atoms with Crippen LogP contribution in [0.3, 0.4) is 0 Å². The molecule has 0 aliphatic rings. The van der Waals surface area contributed by atoms with Gasteiger partial charge in [-0.15, -0.1) is 0 Å². The SMILES string of the molecule is CCCOc1ccccc1[CH]=[Ru+]. The molecule has 1 aromatic carbocycles. The van der Waals surface area contributed by atoms with Crippen molar-refractivity contribution in [3.8, 4) is 5.75 Å². The minimum atomic E-state index is 0.789. The van der Waals surface area contributed by atoms with Crippen molar-refractivity contribution in [2.45, 2.75) is 13.3 Å². The van der Waals surface area contributed by atoms with Crippen LogP contribution in [0.5, 0.6) is 5.75 Å². The summed E-state index contributed by atoms with van der Waals surface area (Å²) in [5.41, 5.74) is 1.14. The Balaban J connectivity index is 2.75. The molecular weight excluding hydrogens is 237 g/mol. The van der Waals surface area contributed by atoms with E-state index in [-0.39, 0.29) is 0 Å². The van der Waals surface area contributed by atoms with E-state index in [0.717, 1.165) is 24.3 Å². The van der Waals surface area contributed by atoms with Gasteiger partial charge in [-0.1, -0.05) is 0 Å². The molecule has 1 rings (SSSR count). The Morgan fingerprint density at radius 3 is 2.83 bits per heavy atom. The third kappa shape index (κ3) is 2.53. The van der Waals surface area contributed by atoms with Gasteiger partial charge in [0.1, 0.15) is 0 Å². The first-order valence-corrected chi connectivity index (χ1v) is 5.02. The van der Waals surface area contributed by atoms with Crippen LogP contribution >= 0.6 is 0 Å². The number of hydrogen-bond donors (Lipinski definition) is 0. The predicted molar refractivity (Wildman–Crippen MR) is 47.4 cm³/mol. The molecular formula is C10H12ORu+. The van der Waals surface area contributed by atoms with Crippen LogP contribution in [0.2, 0.25) is 0 Å². The maximum atomic E-state index is 5.53.